The number of pyridine rings is 1. The molecule has 0 saturated heterocycles. The minimum absolute atomic E-state index is 0.591. The van der Waals surface area contributed by atoms with E-state index in [-0.39, 0.29) is 0 Å². The van der Waals surface area contributed by atoms with E-state index in [1.165, 1.54) is 11.1 Å². The highest BCUT2D eigenvalue weighted by Crippen LogP contribution is 2.30. The standard InChI is InChI=1S/C23H19IN6/c1-13-6-3-4-9-17(13)20-16(10-15-8-5-7-14(2)19(15)28-20)11-25-22-18-21(24)29-30-23(18)27-12-26-22/h3-10,12H,11H2,1-2H3,(H2,25,26,27,29,30). The highest BCUT2D eigenvalue weighted by molar-refractivity contribution is 14.1. The van der Waals surface area contributed by atoms with Gasteiger partial charge in [-0.25, -0.2) is 15.0 Å². The number of nitrogens with zero attached hydrogens (tertiary/aromatic N) is 4. The van der Waals surface area contributed by atoms with Crippen LogP contribution in [0.1, 0.15) is 16.7 Å². The van der Waals surface area contributed by atoms with Crippen LogP contribution < -0.4 is 5.32 Å². The van der Waals surface area contributed by atoms with Crippen molar-refractivity contribution in [2.75, 3.05) is 5.32 Å². The number of hydrogen-bond acceptors (Lipinski definition) is 5. The SMILES string of the molecule is Cc1ccccc1-c1nc2c(C)cccc2cc1CNc1ncnc2[nH]nc(I)c12. The Labute approximate surface area is 187 Å². The summed E-state index contributed by atoms with van der Waals surface area (Å²) in [5.74, 6) is 0.762. The second-order valence-electron chi connectivity index (χ2n) is 7.27. The van der Waals surface area contributed by atoms with Crippen molar-refractivity contribution in [1.29, 1.82) is 0 Å². The number of hydrogen-bond donors (Lipinski definition) is 2. The number of aromatic nitrogens is 5. The van der Waals surface area contributed by atoms with Crippen LogP contribution in [-0.4, -0.2) is 25.1 Å². The summed E-state index contributed by atoms with van der Waals surface area (Å²) in [5.41, 5.74) is 7.39. The molecule has 5 rings (SSSR count). The van der Waals surface area contributed by atoms with E-state index in [0.717, 1.165) is 48.3 Å². The molecular weight excluding hydrogens is 487 g/mol. The van der Waals surface area contributed by atoms with Crippen molar-refractivity contribution in [3.63, 3.8) is 0 Å². The van der Waals surface area contributed by atoms with E-state index in [1.54, 1.807) is 6.33 Å². The Hall–Kier alpha value is -3.07. The summed E-state index contributed by atoms with van der Waals surface area (Å²) in [6.07, 6.45) is 1.54. The van der Waals surface area contributed by atoms with Crippen LogP contribution in [0, 0.1) is 17.5 Å². The van der Waals surface area contributed by atoms with Crippen LogP contribution in [-0.2, 0) is 6.54 Å². The smallest absolute Gasteiger partial charge is 0.161 e. The quantitative estimate of drug-likeness (QED) is 0.319. The zero-order valence-electron chi connectivity index (χ0n) is 16.6. The van der Waals surface area contributed by atoms with Crippen LogP contribution >= 0.6 is 22.6 Å². The summed E-state index contributed by atoms with van der Waals surface area (Å²) in [4.78, 5) is 13.8. The van der Waals surface area contributed by atoms with Crippen LogP contribution in [0.3, 0.4) is 0 Å². The number of fused-ring (bicyclic) bond motifs is 2. The number of benzene rings is 2. The van der Waals surface area contributed by atoms with Crippen LogP contribution in [0.15, 0.2) is 54.9 Å². The predicted molar refractivity (Wildman–Crippen MR) is 128 cm³/mol. The van der Waals surface area contributed by atoms with Gasteiger partial charge in [0.1, 0.15) is 15.8 Å². The fourth-order valence-electron chi connectivity index (χ4n) is 3.73. The van der Waals surface area contributed by atoms with Crippen molar-refractivity contribution in [1.82, 2.24) is 25.1 Å². The first-order valence-corrected chi connectivity index (χ1v) is 10.7. The molecule has 148 valence electrons. The monoisotopic (exact) mass is 506 g/mol. The van der Waals surface area contributed by atoms with Gasteiger partial charge in [-0.3, -0.25) is 5.10 Å². The molecule has 0 amide bonds. The maximum Gasteiger partial charge on any atom is 0.161 e. The number of H-pyrrole nitrogens is 1. The minimum atomic E-state index is 0.591. The van der Waals surface area contributed by atoms with Gasteiger partial charge in [0.05, 0.1) is 16.6 Å². The van der Waals surface area contributed by atoms with E-state index in [0.29, 0.717) is 6.54 Å². The molecule has 0 aliphatic carbocycles. The van der Waals surface area contributed by atoms with Crippen LogP contribution in [0.5, 0.6) is 0 Å². The third-order valence-electron chi connectivity index (χ3n) is 5.29. The lowest BCUT2D eigenvalue weighted by atomic mass is 9.98. The maximum absolute atomic E-state index is 5.10. The summed E-state index contributed by atoms with van der Waals surface area (Å²) in [6, 6.07) is 16.9. The minimum Gasteiger partial charge on any atom is -0.365 e. The Balaban J connectivity index is 1.63. The van der Waals surface area contributed by atoms with Gasteiger partial charge in [0.2, 0.25) is 0 Å². The predicted octanol–water partition coefficient (Wildman–Crippen LogP) is 5.40. The van der Waals surface area contributed by atoms with Crippen molar-refractivity contribution in [2.45, 2.75) is 20.4 Å². The molecule has 0 fully saturated rings. The number of rotatable bonds is 4. The molecular formula is C23H19IN6. The molecule has 3 aromatic heterocycles. The van der Waals surface area contributed by atoms with E-state index in [9.17, 15) is 0 Å². The number of para-hydroxylation sites is 1. The van der Waals surface area contributed by atoms with Gasteiger partial charge in [-0.15, -0.1) is 0 Å². The summed E-state index contributed by atoms with van der Waals surface area (Å²) < 4.78 is 0.845. The van der Waals surface area contributed by atoms with Gasteiger partial charge >= 0.3 is 0 Å². The molecule has 0 radical (unpaired) electrons. The number of halogens is 1. The zero-order valence-corrected chi connectivity index (χ0v) is 18.7. The van der Waals surface area contributed by atoms with Gasteiger partial charge < -0.3 is 5.32 Å². The summed E-state index contributed by atoms with van der Waals surface area (Å²) in [7, 11) is 0. The van der Waals surface area contributed by atoms with Crippen molar-refractivity contribution in [2.24, 2.45) is 0 Å². The molecule has 0 unspecified atom stereocenters. The number of anilines is 1. The summed E-state index contributed by atoms with van der Waals surface area (Å²) in [6.45, 7) is 4.82. The normalized spacial score (nSPS) is 11.3. The topological polar surface area (TPSA) is 79.4 Å². The molecule has 2 aromatic carbocycles. The van der Waals surface area contributed by atoms with Gasteiger partial charge in [-0.1, -0.05) is 42.5 Å². The first kappa shape index (κ1) is 18.9. The number of nitrogens with one attached hydrogen (secondary N) is 2. The highest BCUT2D eigenvalue weighted by Gasteiger charge is 2.15. The van der Waals surface area contributed by atoms with Crippen molar-refractivity contribution < 1.29 is 0 Å². The zero-order chi connectivity index (χ0) is 20.7. The first-order chi connectivity index (χ1) is 14.6. The fourth-order valence-corrected chi connectivity index (χ4v) is 4.37. The average Bonchev–Trinajstić information content (AvgIpc) is 3.14. The molecule has 0 atom stereocenters. The highest BCUT2D eigenvalue weighted by atomic mass is 127. The molecule has 5 aromatic rings. The van der Waals surface area contributed by atoms with Gasteiger partial charge in [-0.2, -0.15) is 5.10 Å². The second kappa shape index (κ2) is 7.64. The van der Waals surface area contributed by atoms with Crippen LogP contribution in [0.2, 0.25) is 0 Å². The molecule has 3 heterocycles. The third kappa shape index (κ3) is 3.28. The summed E-state index contributed by atoms with van der Waals surface area (Å²) >= 11 is 2.19. The fraction of sp³-hybridized carbons (Fsp3) is 0.130. The lowest BCUT2D eigenvalue weighted by Crippen LogP contribution is -2.06. The Morgan fingerprint density at radius 2 is 1.83 bits per heavy atom. The Morgan fingerprint density at radius 1 is 1.00 bits per heavy atom. The molecule has 0 spiro atoms. The van der Waals surface area contributed by atoms with Crippen molar-refractivity contribution >= 4 is 50.3 Å². The lowest BCUT2D eigenvalue weighted by molar-refractivity contribution is 1.07. The van der Waals surface area contributed by atoms with Gasteiger partial charge in [0, 0.05) is 17.5 Å². The largest absolute Gasteiger partial charge is 0.365 e. The molecule has 0 bridgehead atoms. The average molecular weight is 506 g/mol. The van der Waals surface area contributed by atoms with Gasteiger partial charge in [-0.05, 0) is 59.2 Å². The van der Waals surface area contributed by atoms with Crippen molar-refractivity contribution in [3.8, 4) is 11.3 Å². The summed E-state index contributed by atoms with van der Waals surface area (Å²) in [5, 5.41) is 12.7. The van der Waals surface area contributed by atoms with E-state index in [1.807, 2.05) is 0 Å². The van der Waals surface area contributed by atoms with Crippen LogP contribution in [0.25, 0.3) is 33.2 Å². The molecule has 0 saturated carbocycles. The van der Waals surface area contributed by atoms with Gasteiger partial charge in [0.15, 0.2) is 5.65 Å². The van der Waals surface area contributed by atoms with E-state index >= 15 is 0 Å². The molecule has 0 aliphatic heterocycles. The molecule has 30 heavy (non-hydrogen) atoms. The molecule has 7 heteroatoms. The van der Waals surface area contributed by atoms with E-state index < -0.39 is 0 Å². The number of aromatic amines is 1. The van der Waals surface area contributed by atoms with Gasteiger partial charge in [0.25, 0.3) is 0 Å². The van der Waals surface area contributed by atoms with E-state index in [4.69, 9.17) is 4.98 Å². The van der Waals surface area contributed by atoms with Crippen LogP contribution in [0.4, 0.5) is 5.82 Å². The van der Waals surface area contributed by atoms with E-state index in [2.05, 4.69) is 110 Å². The molecule has 6 nitrogen and oxygen atoms in total. The van der Waals surface area contributed by atoms with Crippen molar-refractivity contribution in [3.05, 3.63) is 75.2 Å². The second-order valence-corrected chi connectivity index (χ2v) is 8.29. The lowest BCUT2D eigenvalue weighted by Gasteiger charge is -2.15. The molecule has 0 aliphatic rings. The maximum atomic E-state index is 5.10. The molecule has 2 N–H and O–H groups in total. The third-order valence-corrected chi connectivity index (χ3v) is 6.07. The first-order valence-electron chi connectivity index (χ1n) is 9.65. The Morgan fingerprint density at radius 3 is 2.70 bits per heavy atom. The Bertz CT molecular complexity index is 1390. The number of aryl methyl sites for hydroxylation is 2. The Kier molecular flexibility index (Phi) is 4.82.